The molecule has 4 rings (SSSR count). The number of likely N-dealkylation sites (tertiary alicyclic amines) is 1. The maximum atomic E-state index is 12.8. The molecule has 1 saturated heterocycles. The van der Waals surface area contributed by atoms with Crippen LogP contribution in [0.25, 0.3) is 5.65 Å². The number of H-pyrrole nitrogens is 1. The van der Waals surface area contributed by atoms with Crippen molar-refractivity contribution in [1.82, 2.24) is 19.5 Å². The molecule has 3 aromatic rings. The fraction of sp³-hybridized carbons (Fsp3) is 0.263. The van der Waals surface area contributed by atoms with Gasteiger partial charge in [0.1, 0.15) is 0 Å². The molecule has 0 bridgehead atoms. The molecule has 2 aromatic heterocycles. The van der Waals surface area contributed by atoms with Gasteiger partial charge >= 0.3 is 0 Å². The molecule has 1 aromatic carbocycles. The summed E-state index contributed by atoms with van der Waals surface area (Å²) in [6.45, 7) is 1.11. The second-order valence-electron chi connectivity index (χ2n) is 6.61. The van der Waals surface area contributed by atoms with E-state index in [-0.39, 0.29) is 17.6 Å². The number of nitrogens with one attached hydrogen (secondary N) is 1. The van der Waals surface area contributed by atoms with Crippen LogP contribution in [0.2, 0.25) is 5.02 Å². The Morgan fingerprint density at radius 1 is 1.07 bits per heavy atom. The van der Waals surface area contributed by atoms with Crippen molar-refractivity contribution in [3.63, 3.8) is 0 Å². The van der Waals surface area contributed by atoms with Gasteiger partial charge in [0.2, 0.25) is 0 Å². The first-order valence-electron chi connectivity index (χ1n) is 8.69. The van der Waals surface area contributed by atoms with Crippen LogP contribution >= 0.6 is 23.8 Å². The van der Waals surface area contributed by atoms with Crippen LogP contribution in [0.5, 0.6) is 0 Å². The van der Waals surface area contributed by atoms with Crippen LogP contribution in [-0.2, 0) is 0 Å². The van der Waals surface area contributed by atoms with E-state index < -0.39 is 0 Å². The topological polar surface area (TPSA) is 70.5 Å². The first-order chi connectivity index (χ1) is 13.0. The fourth-order valence-electron chi connectivity index (χ4n) is 3.41. The summed E-state index contributed by atoms with van der Waals surface area (Å²) in [5.41, 5.74) is 1.90. The Bertz CT molecular complexity index is 1070. The Hall–Kier alpha value is -2.51. The number of ketones is 1. The molecule has 0 atom stereocenters. The molecule has 6 nitrogen and oxygen atoms in total. The van der Waals surface area contributed by atoms with Gasteiger partial charge in [0, 0.05) is 35.8 Å². The van der Waals surface area contributed by atoms with Gasteiger partial charge in [0.15, 0.2) is 16.2 Å². The predicted octanol–water partition coefficient (Wildman–Crippen LogP) is 3.78. The Labute approximate surface area is 165 Å². The SMILES string of the molecule is O=C(c1ccc(Cl)cc1)C1CCN(C(=O)c2ccc3n[nH]c(=S)n3c2)CC1. The van der Waals surface area contributed by atoms with E-state index in [0.717, 1.165) is 0 Å². The van der Waals surface area contributed by atoms with Crippen LogP contribution < -0.4 is 0 Å². The van der Waals surface area contributed by atoms with Crippen LogP contribution in [-0.4, -0.2) is 44.3 Å². The third-order valence-corrected chi connectivity index (χ3v) is 5.48. The Morgan fingerprint density at radius 2 is 1.74 bits per heavy atom. The van der Waals surface area contributed by atoms with Crippen molar-refractivity contribution in [2.75, 3.05) is 13.1 Å². The number of aromatic nitrogens is 3. The zero-order chi connectivity index (χ0) is 19.0. The Morgan fingerprint density at radius 3 is 2.44 bits per heavy atom. The zero-order valence-electron chi connectivity index (χ0n) is 14.4. The number of fused-ring (bicyclic) bond motifs is 1. The largest absolute Gasteiger partial charge is 0.339 e. The average Bonchev–Trinajstić information content (AvgIpc) is 3.08. The predicted molar refractivity (Wildman–Crippen MR) is 105 cm³/mol. The highest BCUT2D eigenvalue weighted by molar-refractivity contribution is 7.71. The van der Waals surface area contributed by atoms with Crippen molar-refractivity contribution >= 4 is 41.2 Å². The summed E-state index contributed by atoms with van der Waals surface area (Å²) in [4.78, 5) is 27.2. The first kappa shape index (κ1) is 17.9. The lowest BCUT2D eigenvalue weighted by molar-refractivity contribution is 0.0650. The zero-order valence-corrected chi connectivity index (χ0v) is 16.0. The average molecular weight is 401 g/mol. The van der Waals surface area contributed by atoms with Gasteiger partial charge in [-0.1, -0.05) is 11.6 Å². The van der Waals surface area contributed by atoms with E-state index in [1.807, 2.05) is 0 Å². The van der Waals surface area contributed by atoms with Crippen LogP contribution in [0.4, 0.5) is 0 Å². The number of benzene rings is 1. The minimum absolute atomic E-state index is 0.0580. The van der Waals surface area contributed by atoms with E-state index >= 15 is 0 Å². The minimum atomic E-state index is -0.0693. The van der Waals surface area contributed by atoms with Gasteiger partial charge < -0.3 is 4.90 Å². The summed E-state index contributed by atoms with van der Waals surface area (Å²) < 4.78 is 2.13. The second kappa shape index (κ2) is 7.25. The molecule has 27 heavy (non-hydrogen) atoms. The Kier molecular flexibility index (Phi) is 4.80. The summed E-state index contributed by atoms with van der Waals surface area (Å²) in [6.07, 6.45) is 3.01. The number of rotatable bonds is 3. The standard InChI is InChI=1S/C19H17ClN4O2S/c20-15-4-1-12(2-5-15)17(25)13-7-9-23(10-8-13)18(26)14-3-6-16-21-22-19(27)24(16)11-14/h1-6,11,13H,7-10H2,(H,22,27). The number of pyridine rings is 1. The van der Waals surface area contributed by atoms with Gasteiger partial charge in [-0.05, 0) is 61.5 Å². The molecule has 138 valence electrons. The van der Waals surface area contributed by atoms with Gasteiger partial charge in [-0.25, -0.2) is 0 Å². The smallest absolute Gasteiger partial charge is 0.255 e. The number of amides is 1. The highest BCUT2D eigenvalue weighted by Crippen LogP contribution is 2.24. The van der Waals surface area contributed by atoms with Crippen molar-refractivity contribution in [1.29, 1.82) is 0 Å². The van der Waals surface area contributed by atoms with E-state index in [1.54, 1.807) is 51.9 Å². The molecule has 1 fully saturated rings. The number of Topliss-reactive ketones (excluding diaryl/α,β-unsaturated/α-hetero) is 1. The van der Waals surface area contributed by atoms with Gasteiger partial charge in [-0.3, -0.25) is 19.1 Å². The Balaban J connectivity index is 1.44. The number of piperidine rings is 1. The molecule has 1 aliphatic heterocycles. The second-order valence-corrected chi connectivity index (χ2v) is 7.44. The van der Waals surface area contributed by atoms with Crippen molar-refractivity contribution in [3.05, 3.63) is 63.5 Å². The number of halogens is 1. The van der Waals surface area contributed by atoms with Crippen molar-refractivity contribution in [2.24, 2.45) is 5.92 Å². The third kappa shape index (κ3) is 3.52. The van der Waals surface area contributed by atoms with Crippen molar-refractivity contribution in [2.45, 2.75) is 12.8 Å². The van der Waals surface area contributed by atoms with Crippen LogP contribution in [0.3, 0.4) is 0 Å². The number of hydrogen-bond donors (Lipinski definition) is 1. The van der Waals surface area contributed by atoms with Crippen LogP contribution in [0.1, 0.15) is 33.6 Å². The molecule has 8 heteroatoms. The molecule has 3 heterocycles. The van der Waals surface area contributed by atoms with E-state index in [2.05, 4.69) is 10.2 Å². The quantitative estimate of drug-likeness (QED) is 0.536. The van der Waals surface area contributed by atoms with E-state index in [0.29, 0.717) is 52.5 Å². The molecular weight excluding hydrogens is 384 g/mol. The van der Waals surface area contributed by atoms with E-state index in [4.69, 9.17) is 23.8 Å². The van der Waals surface area contributed by atoms with Gasteiger partial charge in [-0.15, -0.1) is 0 Å². The summed E-state index contributed by atoms with van der Waals surface area (Å²) in [6, 6.07) is 10.5. The van der Waals surface area contributed by atoms with Crippen molar-refractivity contribution < 1.29 is 9.59 Å². The van der Waals surface area contributed by atoms with Crippen LogP contribution in [0.15, 0.2) is 42.6 Å². The highest BCUT2D eigenvalue weighted by Gasteiger charge is 2.28. The normalized spacial score (nSPS) is 15.2. The molecule has 0 unspecified atom stereocenters. The van der Waals surface area contributed by atoms with E-state index in [1.165, 1.54) is 0 Å². The monoisotopic (exact) mass is 400 g/mol. The van der Waals surface area contributed by atoms with Gasteiger partial charge in [0.05, 0.1) is 5.56 Å². The van der Waals surface area contributed by atoms with Gasteiger partial charge in [0.25, 0.3) is 5.91 Å². The number of hydrogen-bond acceptors (Lipinski definition) is 4. The number of carbonyl (C=O) groups is 2. The highest BCUT2D eigenvalue weighted by atomic mass is 35.5. The summed E-state index contributed by atoms with van der Waals surface area (Å²) >= 11 is 11.0. The first-order valence-corrected chi connectivity index (χ1v) is 9.47. The summed E-state index contributed by atoms with van der Waals surface area (Å²) in [7, 11) is 0. The lowest BCUT2D eigenvalue weighted by atomic mass is 9.88. The molecule has 0 aliphatic carbocycles. The maximum absolute atomic E-state index is 12.8. The summed E-state index contributed by atoms with van der Waals surface area (Å²) in [5.74, 6) is -0.0116. The fourth-order valence-corrected chi connectivity index (χ4v) is 3.73. The molecule has 0 spiro atoms. The molecule has 1 N–H and O–H groups in total. The van der Waals surface area contributed by atoms with Crippen molar-refractivity contribution in [3.8, 4) is 0 Å². The molecule has 1 amide bonds. The third-order valence-electron chi connectivity index (χ3n) is 4.94. The number of carbonyl (C=O) groups excluding carboxylic acids is 2. The number of aromatic amines is 1. The van der Waals surface area contributed by atoms with Gasteiger partial charge in [-0.2, -0.15) is 5.10 Å². The molecule has 0 radical (unpaired) electrons. The number of nitrogens with zero attached hydrogens (tertiary/aromatic N) is 3. The lowest BCUT2D eigenvalue weighted by Crippen LogP contribution is -2.40. The molecule has 1 aliphatic rings. The summed E-state index contributed by atoms with van der Waals surface area (Å²) in [5, 5.41) is 7.39. The van der Waals surface area contributed by atoms with Crippen LogP contribution in [0, 0.1) is 10.7 Å². The molecule has 0 saturated carbocycles. The maximum Gasteiger partial charge on any atom is 0.255 e. The minimum Gasteiger partial charge on any atom is -0.339 e. The molecular formula is C19H17ClN4O2S. The van der Waals surface area contributed by atoms with E-state index in [9.17, 15) is 9.59 Å². The lowest BCUT2D eigenvalue weighted by Gasteiger charge is -2.31.